The molecule has 2 heterocycles. The second-order valence-electron chi connectivity index (χ2n) is 11.4. The maximum Gasteiger partial charge on any atom is 0.0650 e. The lowest BCUT2D eigenvalue weighted by molar-refractivity contribution is 0.739. The molecule has 4 heteroatoms. The molecule has 1 aliphatic heterocycles. The Morgan fingerprint density at radius 2 is 1.78 bits per heavy atom. The van der Waals surface area contributed by atoms with E-state index in [1.54, 1.807) is 4.88 Å². The standard InChI is InChI=1S/C37H33N3S/c1-2-9-26(10-3-1)38-24-25-17-20-28(21-18-25)40-33-14-6-4-12-30(33)37-32(13-8-15-34(37)40)39-27-19-22-36-31(23-27)29-11-5-7-16-35(29)41-36/h1-4,6,8-14,16-17,20,23-24,34,39H,5,7,15,18-19,21-22H2/b38-24+. The predicted octanol–water partition coefficient (Wildman–Crippen LogP) is 7.55. The van der Waals surface area contributed by atoms with E-state index in [2.05, 4.69) is 82.0 Å². The van der Waals surface area contributed by atoms with Crippen molar-refractivity contribution >= 4 is 52.7 Å². The molecule has 202 valence electrons. The Morgan fingerprint density at radius 1 is 0.902 bits per heavy atom. The third-order valence-corrected chi connectivity index (χ3v) is 10.1. The molecule has 0 amide bonds. The molecular formula is C37H33N3S. The van der Waals surface area contributed by atoms with Crippen LogP contribution in [0.15, 0.2) is 107 Å². The zero-order valence-corrected chi connectivity index (χ0v) is 24.0. The first-order valence-electron chi connectivity index (χ1n) is 14.9. The number of allylic oxidation sites excluding steroid dienone is 6. The highest BCUT2D eigenvalue weighted by Gasteiger charge is 2.38. The summed E-state index contributed by atoms with van der Waals surface area (Å²) < 4.78 is 1.48. The SMILES string of the molecule is C1=CC(NC2=Cc3c(sc4c3=CCCC=4)CC2)=C2c3ccccc3N(C3=CC=C(/C=N/c4ccccc4)CC3)C2C1. The highest BCUT2D eigenvalue weighted by atomic mass is 32.1. The maximum absolute atomic E-state index is 4.68. The lowest BCUT2D eigenvalue weighted by Crippen LogP contribution is -2.33. The van der Waals surface area contributed by atoms with Gasteiger partial charge in [0, 0.05) is 49.5 Å². The Labute approximate surface area is 245 Å². The molecule has 2 aromatic carbocycles. The first kappa shape index (κ1) is 24.6. The van der Waals surface area contributed by atoms with Gasteiger partial charge in [-0.15, -0.1) is 11.3 Å². The van der Waals surface area contributed by atoms with Gasteiger partial charge in [-0.05, 0) is 97.7 Å². The zero-order valence-electron chi connectivity index (χ0n) is 23.1. The third kappa shape index (κ3) is 4.47. The maximum atomic E-state index is 4.68. The smallest absolute Gasteiger partial charge is 0.0650 e. The summed E-state index contributed by atoms with van der Waals surface area (Å²) >= 11 is 2.00. The molecule has 0 saturated carbocycles. The van der Waals surface area contributed by atoms with Crippen molar-refractivity contribution in [2.75, 3.05) is 4.90 Å². The second kappa shape index (κ2) is 10.4. The molecule has 0 saturated heterocycles. The summed E-state index contributed by atoms with van der Waals surface area (Å²) in [5.74, 6) is 0. The van der Waals surface area contributed by atoms with Gasteiger partial charge in [-0.25, -0.2) is 0 Å². The van der Waals surface area contributed by atoms with Gasteiger partial charge in [-0.2, -0.15) is 0 Å². The van der Waals surface area contributed by atoms with Crippen LogP contribution < -0.4 is 20.0 Å². The Hall–Kier alpha value is -4.15. The molecule has 0 radical (unpaired) electrons. The van der Waals surface area contributed by atoms with Crippen molar-refractivity contribution < 1.29 is 0 Å². The predicted molar refractivity (Wildman–Crippen MR) is 175 cm³/mol. The van der Waals surface area contributed by atoms with E-state index in [4.69, 9.17) is 0 Å². The fourth-order valence-corrected chi connectivity index (χ4v) is 8.12. The quantitative estimate of drug-likeness (QED) is 0.332. The largest absolute Gasteiger partial charge is 0.359 e. The summed E-state index contributed by atoms with van der Waals surface area (Å²) in [5.41, 5.74) is 11.8. The van der Waals surface area contributed by atoms with E-state index in [9.17, 15) is 0 Å². The highest BCUT2D eigenvalue weighted by Crippen LogP contribution is 2.48. The molecule has 3 nitrogen and oxygen atoms in total. The number of fused-ring (bicyclic) bond motifs is 6. The van der Waals surface area contributed by atoms with Crippen LogP contribution in [-0.4, -0.2) is 12.3 Å². The molecule has 4 aliphatic carbocycles. The second-order valence-corrected chi connectivity index (χ2v) is 12.5. The van der Waals surface area contributed by atoms with Gasteiger partial charge in [0.1, 0.15) is 0 Å². The number of hydrogen-bond acceptors (Lipinski definition) is 4. The topological polar surface area (TPSA) is 27.6 Å². The lowest BCUT2D eigenvalue weighted by Gasteiger charge is -2.33. The van der Waals surface area contributed by atoms with Gasteiger partial charge in [0.15, 0.2) is 0 Å². The number of benzene rings is 2. The van der Waals surface area contributed by atoms with Crippen LogP contribution in [0.1, 0.15) is 54.5 Å². The molecule has 8 rings (SSSR count). The molecule has 1 N–H and O–H groups in total. The number of rotatable bonds is 5. The molecule has 1 unspecified atom stereocenters. The van der Waals surface area contributed by atoms with Gasteiger partial charge in [-0.3, -0.25) is 4.99 Å². The van der Waals surface area contributed by atoms with E-state index in [1.165, 1.54) is 61.2 Å². The van der Waals surface area contributed by atoms with Crippen molar-refractivity contribution in [1.29, 1.82) is 0 Å². The zero-order chi connectivity index (χ0) is 27.2. The van der Waals surface area contributed by atoms with E-state index >= 15 is 0 Å². The van der Waals surface area contributed by atoms with Crippen molar-refractivity contribution in [2.24, 2.45) is 4.99 Å². The van der Waals surface area contributed by atoms with Gasteiger partial charge < -0.3 is 10.2 Å². The Bertz CT molecular complexity index is 1840. The molecule has 41 heavy (non-hydrogen) atoms. The van der Waals surface area contributed by atoms with E-state index in [0.29, 0.717) is 6.04 Å². The number of nitrogens with one attached hydrogen (secondary N) is 1. The van der Waals surface area contributed by atoms with Crippen LogP contribution in [0.25, 0.3) is 23.8 Å². The average molecular weight is 552 g/mol. The molecule has 0 fully saturated rings. The molecule has 1 atom stereocenters. The number of aliphatic imine (C=N–C) groups is 1. The number of nitrogens with zero attached hydrogens (tertiary/aromatic N) is 2. The van der Waals surface area contributed by atoms with Gasteiger partial charge in [0.25, 0.3) is 0 Å². The Balaban J connectivity index is 1.12. The van der Waals surface area contributed by atoms with Gasteiger partial charge in [-0.1, -0.05) is 60.7 Å². The minimum atomic E-state index is 0.315. The Kier molecular flexibility index (Phi) is 6.22. The van der Waals surface area contributed by atoms with Crippen molar-refractivity contribution in [3.8, 4) is 0 Å². The van der Waals surface area contributed by atoms with Gasteiger partial charge in [0.2, 0.25) is 0 Å². The van der Waals surface area contributed by atoms with Crippen LogP contribution in [0.3, 0.4) is 0 Å². The first-order chi connectivity index (χ1) is 20.3. The fourth-order valence-electron chi connectivity index (χ4n) is 6.87. The Morgan fingerprint density at radius 3 is 2.68 bits per heavy atom. The summed E-state index contributed by atoms with van der Waals surface area (Å²) in [6.45, 7) is 0. The van der Waals surface area contributed by atoms with Crippen molar-refractivity contribution in [1.82, 2.24) is 5.32 Å². The van der Waals surface area contributed by atoms with Crippen LogP contribution in [0.2, 0.25) is 0 Å². The van der Waals surface area contributed by atoms with E-state index in [-0.39, 0.29) is 0 Å². The number of hydrogen-bond donors (Lipinski definition) is 1. The fraction of sp³-hybridized carbons (Fsp3) is 0.216. The van der Waals surface area contributed by atoms with E-state index in [1.807, 2.05) is 47.9 Å². The number of para-hydroxylation sites is 2. The summed E-state index contributed by atoms with van der Waals surface area (Å²) in [4.78, 5) is 8.84. The molecule has 1 aromatic heterocycles. The first-order valence-corrected chi connectivity index (χ1v) is 15.7. The molecule has 0 bridgehead atoms. The van der Waals surface area contributed by atoms with Crippen LogP contribution >= 0.6 is 11.3 Å². The molecule has 5 aliphatic rings. The van der Waals surface area contributed by atoms with Gasteiger partial charge in [0.05, 0.1) is 11.7 Å². The minimum absolute atomic E-state index is 0.315. The van der Waals surface area contributed by atoms with Crippen LogP contribution in [0.4, 0.5) is 11.4 Å². The van der Waals surface area contributed by atoms with E-state index < -0.39 is 0 Å². The normalized spacial score (nSPS) is 20.7. The molecule has 0 spiro atoms. The lowest BCUT2D eigenvalue weighted by atomic mass is 9.92. The number of anilines is 1. The summed E-state index contributed by atoms with van der Waals surface area (Å²) in [7, 11) is 0. The minimum Gasteiger partial charge on any atom is -0.359 e. The summed E-state index contributed by atoms with van der Waals surface area (Å²) in [6.07, 6.45) is 26.1. The van der Waals surface area contributed by atoms with Crippen molar-refractivity contribution in [3.63, 3.8) is 0 Å². The number of aryl methyl sites for hydroxylation is 1. The van der Waals surface area contributed by atoms with Crippen molar-refractivity contribution in [3.05, 3.63) is 127 Å². The monoisotopic (exact) mass is 551 g/mol. The van der Waals surface area contributed by atoms with Crippen molar-refractivity contribution in [2.45, 2.75) is 51.0 Å². The van der Waals surface area contributed by atoms with E-state index in [0.717, 1.165) is 44.2 Å². The van der Waals surface area contributed by atoms with Crippen LogP contribution in [0, 0.1) is 0 Å². The summed E-state index contributed by atoms with van der Waals surface area (Å²) in [6, 6.07) is 19.5. The van der Waals surface area contributed by atoms with Crippen LogP contribution in [0.5, 0.6) is 0 Å². The average Bonchev–Trinajstić information content (AvgIpc) is 3.57. The molecular weight excluding hydrogens is 518 g/mol. The van der Waals surface area contributed by atoms with Gasteiger partial charge >= 0.3 is 0 Å². The molecule has 3 aromatic rings. The summed E-state index contributed by atoms with van der Waals surface area (Å²) in [5, 5.41) is 5.40. The highest BCUT2D eigenvalue weighted by molar-refractivity contribution is 7.10. The number of thiophene rings is 1. The third-order valence-electron chi connectivity index (χ3n) is 8.81. The van der Waals surface area contributed by atoms with Crippen LogP contribution in [-0.2, 0) is 6.42 Å².